The smallest absolute Gasteiger partial charge is 0.116 e. The van der Waals surface area contributed by atoms with Gasteiger partial charge in [0.25, 0.3) is 0 Å². The molecule has 1 atom stereocenters. The first-order valence-electron chi connectivity index (χ1n) is 4.79. The molecule has 0 amide bonds. The van der Waals surface area contributed by atoms with Gasteiger partial charge < -0.3 is 5.32 Å². The lowest BCUT2D eigenvalue weighted by Crippen LogP contribution is -2.06. The molecule has 1 N–H and O–H groups in total. The van der Waals surface area contributed by atoms with Crippen LogP contribution in [0.25, 0.3) is 0 Å². The van der Waals surface area contributed by atoms with Crippen LogP contribution in [0, 0.1) is 3.57 Å². The Hall–Kier alpha value is -0.140. The Morgan fingerprint density at radius 1 is 1.44 bits per heavy atom. The maximum Gasteiger partial charge on any atom is 0.116 e. The van der Waals surface area contributed by atoms with Gasteiger partial charge in [-0.3, -0.25) is 0 Å². The average molecular weight is 409 g/mol. The standard InChI is InChI=1S/C11H10BrIN2S/c1-7(11-14-6-10(12)16-11)15-9-5-3-2-4-8(9)13/h2-7,15H,1H3. The Bertz CT molecular complexity index is 486. The van der Waals surface area contributed by atoms with Gasteiger partial charge in [-0.1, -0.05) is 12.1 Å². The minimum absolute atomic E-state index is 0.229. The van der Waals surface area contributed by atoms with Crippen LogP contribution in [0.4, 0.5) is 5.69 Å². The topological polar surface area (TPSA) is 24.9 Å². The second kappa shape index (κ2) is 5.46. The van der Waals surface area contributed by atoms with Crippen molar-refractivity contribution in [3.63, 3.8) is 0 Å². The minimum atomic E-state index is 0.229. The van der Waals surface area contributed by atoms with E-state index >= 15 is 0 Å². The molecule has 2 nitrogen and oxygen atoms in total. The Labute approximate surface area is 121 Å². The van der Waals surface area contributed by atoms with E-state index in [2.05, 4.69) is 67.9 Å². The van der Waals surface area contributed by atoms with Gasteiger partial charge in [0.05, 0.1) is 16.0 Å². The maximum atomic E-state index is 4.35. The zero-order chi connectivity index (χ0) is 11.5. The number of hydrogen-bond donors (Lipinski definition) is 1. The van der Waals surface area contributed by atoms with Crippen molar-refractivity contribution in [2.75, 3.05) is 5.32 Å². The summed E-state index contributed by atoms with van der Waals surface area (Å²) in [7, 11) is 0. The Morgan fingerprint density at radius 2 is 2.19 bits per heavy atom. The molecule has 0 aliphatic rings. The van der Waals surface area contributed by atoms with E-state index in [4.69, 9.17) is 0 Å². The molecular formula is C11H10BrIN2S. The summed E-state index contributed by atoms with van der Waals surface area (Å²) in [5.41, 5.74) is 1.15. The van der Waals surface area contributed by atoms with Gasteiger partial charge in [0, 0.05) is 9.26 Å². The lowest BCUT2D eigenvalue weighted by Gasteiger charge is -2.13. The van der Waals surface area contributed by atoms with Crippen LogP contribution < -0.4 is 5.32 Å². The molecule has 84 valence electrons. The fourth-order valence-corrected chi connectivity index (χ4v) is 3.13. The largest absolute Gasteiger partial charge is 0.375 e. The van der Waals surface area contributed by atoms with Crippen molar-refractivity contribution in [2.24, 2.45) is 0 Å². The van der Waals surface area contributed by atoms with E-state index in [-0.39, 0.29) is 6.04 Å². The number of thiazole rings is 1. The van der Waals surface area contributed by atoms with Crippen LogP contribution in [-0.2, 0) is 0 Å². The summed E-state index contributed by atoms with van der Waals surface area (Å²) in [4.78, 5) is 4.35. The monoisotopic (exact) mass is 408 g/mol. The number of hydrogen-bond acceptors (Lipinski definition) is 3. The predicted molar refractivity (Wildman–Crippen MR) is 81.0 cm³/mol. The van der Waals surface area contributed by atoms with Gasteiger partial charge in [-0.25, -0.2) is 4.98 Å². The number of para-hydroxylation sites is 1. The highest BCUT2D eigenvalue weighted by Gasteiger charge is 2.10. The van der Waals surface area contributed by atoms with Crippen molar-refractivity contribution < 1.29 is 0 Å². The quantitative estimate of drug-likeness (QED) is 0.745. The molecule has 0 aliphatic carbocycles. The van der Waals surface area contributed by atoms with E-state index in [0.29, 0.717) is 0 Å². The average Bonchev–Trinajstić information content (AvgIpc) is 2.68. The van der Waals surface area contributed by atoms with Gasteiger partial charge in [-0.2, -0.15) is 0 Å². The molecule has 1 aromatic heterocycles. The van der Waals surface area contributed by atoms with Crippen LogP contribution in [0.1, 0.15) is 18.0 Å². The number of anilines is 1. The van der Waals surface area contributed by atoms with Crippen LogP contribution >= 0.6 is 49.9 Å². The summed E-state index contributed by atoms with van der Waals surface area (Å²) in [6.45, 7) is 2.12. The summed E-state index contributed by atoms with van der Waals surface area (Å²) < 4.78 is 2.29. The van der Waals surface area contributed by atoms with Gasteiger partial charge in [0.1, 0.15) is 5.01 Å². The molecule has 0 bridgehead atoms. The molecular weight excluding hydrogens is 399 g/mol. The molecule has 0 saturated heterocycles. The van der Waals surface area contributed by atoms with Gasteiger partial charge >= 0.3 is 0 Å². The van der Waals surface area contributed by atoms with E-state index in [1.165, 1.54) is 3.57 Å². The van der Waals surface area contributed by atoms with Crippen molar-refractivity contribution in [1.29, 1.82) is 0 Å². The number of rotatable bonds is 3. The third-order valence-electron chi connectivity index (χ3n) is 2.11. The molecule has 1 unspecified atom stereocenters. The summed E-state index contributed by atoms with van der Waals surface area (Å²) in [6.07, 6.45) is 1.84. The van der Waals surface area contributed by atoms with Crippen molar-refractivity contribution in [2.45, 2.75) is 13.0 Å². The van der Waals surface area contributed by atoms with Gasteiger partial charge in [0.15, 0.2) is 0 Å². The summed E-state index contributed by atoms with van der Waals surface area (Å²) in [6, 6.07) is 8.48. The SMILES string of the molecule is CC(Nc1ccccc1I)c1ncc(Br)s1. The second-order valence-electron chi connectivity index (χ2n) is 3.35. The predicted octanol–water partition coefficient (Wildman–Crippen LogP) is 4.68. The first-order chi connectivity index (χ1) is 7.66. The Balaban J connectivity index is 2.13. The van der Waals surface area contributed by atoms with Crippen molar-refractivity contribution in [3.05, 3.63) is 42.8 Å². The molecule has 0 fully saturated rings. The summed E-state index contributed by atoms with van der Waals surface area (Å²) >= 11 is 7.42. The number of nitrogens with zero attached hydrogens (tertiary/aromatic N) is 1. The zero-order valence-electron chi connectivity index (χ0n) is 8.58. The van der Waals surface area contributed by atoms with E-state index in [1.807, 2.05) is 18.3 Å². The number of halogens is 2. The van der Waals surface area contributed by atoms with Crippen molar-refractivity contribution in [3.8, 4) is 0 Å². The zero-order valence-corrected chi connectivity index (χ0v) is 13.1. The molecule has 1 aromatic carbocycles. The van der Waals surface area contributed by atoms with E-state index in [9.17, 15) is 0 Å². The lowest BCUT2D eigenvalue weighted by molar-refractivity contribution is 0.868. The summed E-state index contributed by atoms with van der Waals surface area (Å²) in [5.74, 6) is 0. The first kappa shape index (κ1) is 12.3. The molecule has 0 aliphatic heterocycles. The molecule has 0 spiro atoms. The minimum Gasteiger partial charge on any atom is -0.375 e. The molecule has 2 aromatic rings. The molecule has 0 saturated carbocycles. The van der Waals surface area contributed by atoms with Gasteiger partial charge in [-0.15, -0.1) is 11.3 Å². The normalized spacial score (nSPS) is 12.4. The lowest BCUT2D eigenvalue weighted by atomic mass is 10.3. The van der Waals surface area contributed by atoms with E-state index in [1.54, 1.807) is 11.3 Å². The molecule has 2 rings (SSSR count). The Kier molecular flexibility index (Phi) is 4.21. The van der Waals surface area contributed by atoms with Crippen molar-refractivity contribution >= 4 is 55.5 Å². The fraction of sp³-hybridized carbons (Fsp3) is 0.182. The van der Waals surface area contributed by atoms with Crippen LogP contribution in [0.5, 0.6) is 0 Å². The molecule has 1 heterocycles. The van der Waals surface area contributed by atoms with E-state index in [0.717, 1.165) is 14.5 Å². The maximum absolute atomic E-state index is 4.35. The molecule has 16 heavy (non-hydrogen) atoms. The molecule has 5 heteroatoms. The molecule has 0 radical (unpaired) electrons. The summed E-state index contributed by atoms with van der Waals surface area (Å²) in [5, 5.41) is 4.55. The fourth-order valence-electron chi connectivity index (χ4n) is 1.34. The number of benzene rings is 1. The van der Waals surface area contributed by atoms with E-state index < -0.39 is 0 Å². The van der Waals surface area contributed by atoms with Crippen molar-refractivity contribution in [1.82, 2.24) is 4.98 Å². The first-order valence-corrected chi connectivity index (χ1v) is 7.48. The van der Waals surface area contributed by atoms with Crippen LogP contribution in [-0.4, -0.2) is 4.98 Å². The third-order valence-corrected chi connectivity index (χ3v) is 4.71. The highest BCUT2D eigenvalue weighted by molar-refractivity contribution is 14.1. The highest BCUT2D eigenvalue weighted by Crippen LogP contribution is 2.28. The number of aromatic nitrogens is 1. The van der Waals surface area contributed by atoms with Gasteiger partial charge in [-0.05, 0) is 57.6 Å². The van der Waals surface area contributed by atoms with Crippen LogP contribution in [0.2, 0.25) is 0 Å². The van der Waals surface area contributed by atoms with Gasteiger partial charge in [0.2, 0.25) is 0 Å². The second-order valence-corrected chi connectivity index (χ2v) is 6.95. The third kappa shape index (κ3) is 2.95. The number of nitrogens with one attached hydrogen (secondary N) is 1. The Morgan fingerprint density at radius 3 is 2.81 bits per heavy atom. The van der Waals surface area contributed by atoms with Crippen LogP contribution in [0.3, 0.4) is 0 Å². The van der Waals surface area contributed by atoms with Crippen LogP contribution in [0.15, 0.2) is 34.2 Å². The highest BCUT2D eigenvalue weighted by atomic mass is 127.